The first-order chi connectivity index (χ1) is 16.2. The molecule has 0 spiro atoms. The van der Waals surface area contributed by atoms with E-state index in [1.807, 2.05) is 0 Å². The molecule has 3 aromatic rings. The van der Waals surface area contributed by atoms with Gasteiger partial charge in [-0.05, 0) is 37.3 Å². The second kappa shape index (κ2) is 9.24. The van der Waals surface area contributed by atoms with Crippen LogP contribution in [0.5, 0.6) is 0 Å². The molecule has 0 saturated carbocycles. The summed E-state index contributed by atoms with van der Waals surface area (Å²) in [6.45, 7) is 1.44. The summed E-state index contributed by atoms with van der Waals surface area (Å²) in [6, 6.07) is 15.9. The number of likely N-dealkylation sites (N-methyl/N-ethyl adjacent to an activating group) is 1. The molecule has 8 nitrogen and oxygen atoms in total. The highest BCUT2D eigenvalue weighted by atomic mass is 35.5. The van der Waals surface area contributed by atoms with E-state index < -0.39 is 23.0 Å². The molecule has 1 aliphatic heterocycles. The molecule has 4 rings (SSSR count). The number of hydrogen-bond acceptors (Lipinski definition) is 6. The van der Waals surface area contributed by atoms with E-state index in [0.717, 1.165) is 0 Å². The van der Waals surface area contributed by atoms with Crippen LogP contribution in [-0.2, 0) is 9.53 Å². The third-order valence-corrected chi connectivity index (χ3v) is 6.00. The Morgan fingerprint density at radius 1 is 1.09 bits per heavy atom. The molecular formula is C24H17Cl2N3O5. The molecule has 0 fully saturated rings. The van der Waals surface area contributed by atoms with Crippen LogP contribution in [0.1, 0.15) is 27.0 Å². The first kappa shape index (κ1) is 23.4. The average molecular weight is 498 g/mol. The van der Waals surface area contributed by atoms with Crippen molar-refractivity contribution in [2.24, 2.45) is 4.99 Å². The molecule has 172 valence electrons. The summed E-state index contributed by atoms with van der Waals surface area (Å²) >= 11 is 12.7. The van der Waals surface area contributed by atoms with Crippen molar-refractivity contribution < 1.29 is 19.2 Å². The topological polar surface area (TPSA) is 102 Å². The highest BCUT2D eigenvalue weighted by Gasteiger charge is 2.34. The van der Waals surface area contributed by atoms with Crippen molar-refractivity contribution in [3.63, 3.8) is 0 Å². The number of nitrogens with zero attached hydrogens (tertiary/aromatic N) is 3. The molecule has 0 aliphatic carbocycles. The summed E-state index contributed by atoms with van der Waals surface area (Å²) in [5.74, 6) is -1.53. The van der Waals surface area contributed by atoms with Gasteiger partial charge in [-0.15, -0.1) is 0 Å². The molecule has 0 saturated heterocycles. The van der Waals surface area contributed by atoms with E-state index in [4.69, 9.17) is 27.9 Å². The Labute approximate surface area is 204 Å². The van der Waals surface area contributed by atoms with Crippen LogP contribution in [0.4, 0.5) is 11.4 Å². The molecule has 3 aromatic carbocycles. The molecule has 0 N–H and O–H groups in total. The number of ether oxygens (including phenoxy) is 1. The minimum Gasteiger partial charge on any atom is -0.426 e. The van der Waals surface area contributed by atoms with Crippen LogP contribution in [0, 0.1) is 17.0 Å². The second-order valence-corrected chi connectivity index (χ2v) is 8.32. The van der Waals surface area contributed by atoms with Gasteiger partial charge in [-0.25, -0.2) is 9.79 Å². The zero-order chi connectivity index (χ0) is 24.6. The number of rotatable bonds is 4. The average Bonchev–Trinajstić information content (AvgIpc) is 2.89. The summed E-state index contributed by atoms with van der Waals surface area (Å²) in [7, 11) is 1.53. The maximum Gasteiger partial charge on any atom is 0.341 e. The van der Waals surface area contributed by atoms with Crippen molar-refractivity contribution in [1.29, 1.82) is 0 Å². The predicted molar refractivity (Wildman–Crippen MR) is 129 cm³/mol. The highest BCUT2D eigenvalue weighted by Crippen LogP contribution is 2.32. The summed E-state index contributed by atoms with van der Waals surface area (Å²) in [4.78, 5) is 42.7. The number of halogens is 2. The Morgan fingerprint density at radius 2 is 1.82 bits per heavy atom. The quantitative estimate of drug-likeness (QED) is 0.279. The van der Waals surface area contributed by atoms with Gasteiger partial charge in [0.05, 0.1) is 21.9 Å². The van der Waals surface area contributed by atoms with E-state index in [-0.39, 0.29) is 16.8 Å². The molecule has 1 unspecified atom stereocenters. The normalized spacial score (nSPS) is 15.3. The van der Waals surface area contributed by atoms with E-state index in [1.165, 1.54) is 37.1 Å². The molecule has 1 aliphatic rings. The Hall–Kier alpha value is -3.75. The van der Waals surface area contributed by atoms with Gasteiger partial charge >= 0.3 is 5.97 Å². The van der Waals surface area contributed by atoms with Crippen LogP contribution in [-0.4, -0.2) is 35.8 Å². The summed E-state index contributed by atoms with van der Waals surface area (Å²) in [5.41, 5.74) is 1.71. The van der Waals surface area contributed by atoms with Crippen molar-refractivity contribution >= 4 is 52.2 Å². The molecule has 1 heterocycles. The van der Waals surface area contributed by atoms with E-state index in [1.54, 1.807) is 42.5 Å². The highest BCUT2D eigenvalue weighted by molar-refractivity contribution is 6.37. The predicted octanol–water partition coefficient (Wildman–Crippen LogP) is 5.21. The Kier molecular flexibility index (Phi) is 6.37. The molecular weight excluding hydrogens is 481 g/mol. The molecule has 0 aromatic heterocycles. The van der Waals surface area contributed by atoms with Gasteiger partial charge < -0.3 is 9.64 Å². The van der Waals surface area contributed by atoms with Gasteiger partial charge in [0.25, 0.3) is 17.8 Å². The van der Waals surface area contributed by atoms with E-state index in [2.05, 4.69) is 4.99 Å². The standard InChI is InChI=1S/C24H17Cl2N3O5/c1-13-15(7-5-9-19(13)29(32)33)24(31)34-22-23(30)28(2)20-11-10-14(25)12-17(20)21(27-22)16-6-3-4-8-18(16)26/h3-12,22H,1-2H3. The minimum absolute atomic E-state index is 0.0380. The summed E-state index contributed by atoms with van der Waals surface area (Å²) in [5, 5.41) is 12.1. The smallest absolute Gasteiger partial charge is 0.341 e. The van der Waals surface area contributed by atoms with Crippen molar-refractivity contribution in [2.75, 3.05) is 11.9 Å². The Balaban J connectivity index is 1.83. The molecule has 0 radical (unpaired) electrons. The maximum absolute atomic E-state index is 13.2. The maximum atomic E-state index is 13.2. The van der Waals surface area contributed by atoms with Crippen LogP contribution in [0.25, 0.3) is 0 Å². The molecule has 1 atom stereocenters. The van der Waals surface area contributed by atoms with Crippen LogP contribution in [0.15, 0.2) is 65.7 Å². The zero-order valence-corrected chi connectivity index (χ0v) is 19.5. The van der Waals surface area contributed by atoms with Crippen molar-refractivity contribution in [1.82, 2.24) is 0 Å². The van der Waals surface area contributed by atoms with E-state index in [9.17, 15) is 19.7 Å². The molecule has 34 heavy (non-hydrogen) atoms. The van der Waals surface area contributed by atoms with Crippen molar-refractivity contribution in [2.45, 2.75) is 13.2 Å². The molecule has 0 bridgehead atoms. The summed E-state index contributed by atoms with van der Waals surface area (Å²) in [6.07, 6.45) is -1.56. The van der Waals surface area contributed by atoms with Gasteiger partial charge in [-0.2, -0.15) is 0 Å². The number of hydrogen-bond donors (Lipinski definition) is 0. The minimum atomic E-state index is -1.56. The van der Waals surface area contributed by atoms with Gasteiger partial charge in [-0.1, -0.05) is 47.5 Å². The third-order valence-electron chi connectivity index (χ3n) is 5.43. The van der Waals surface area contributed by atoms with Crippen LogP contribution >= 0.6 is 23.2 Å². The fourth-order valence-corrected chi connectivity index (χ4v) is 4.07. The number of esters is 1. The molecule has 1 amide bonds. The number of carbonyl (C=O) groups excluding carboxylic acids is 2. The number of nitro benzene ring substituents is 1. The largest absolute Gasteiger partial charge is 0.426 e. The first-order valence-electron chi connectivity index (χ1n) is 10.0. The summed E-state index contributed by atoms with van der Waals surface area (Å²) < 4.78 is 5.49. The van der Waals surface area contributed by atoms with Crippen LogP contribution in [0.2, 0.25) is 10.0 Å². The van der Waals surface area contributed by atoms with E-state index in [0.29, 0.717) is 32.6 Å². The lowest BCUT2D eigenvalue weighted by atomic mass is 10.0. The SMILES string of the molecule is Cc1c(C(=O)OC2N=C(c3ccccc3Cl)c3cc(Cl)ccc3N(C)C2=O)cccc1[N+](=O)[O-]. The number of anilines is 1. The van der Waals surface area contributed by atoms with Gasteiger partial charge in [-0.3, -0.25) is 14.9 Å². The molecule has 10 heteroatoms. The number of aliphatic imine (C=N–C) groups is 1. The lowest BCUT2D eigenvalue weighted by Crippen LogP contribution is -2.37. The zero-order valence-electron chi connectivity index (χ0n) is 18.0. The number of amides is 1. The van der Waals surface area contributed by atoms with Gasteiger partial charge in [0, 0.05) is 39.8 Å². The van der Waals surface area contributed by atoms with Crippen LogP contribution < -0.4 is 4.90 Å². The number of carbonyl (C=O) groups is 2. The van der Waals surface area contributed by atoms with Gasteiger partial charge in [0.1, 0.15) is 0 Å². The monoisotopic (exact) mass is 497 g/mol. The first-order valence-corrected chi connectivity index (χ1v) is 10.8. The number of fused-ring (bicyclic) bond motifs is 1. The Bertz CT molecular complexity index is 1370. The van der Waals surface area contributed by atoms with Crippen LogP contribution in [0.3, 0.4) is 0 Å². The van der Waals surface area contributed by atoms with Crippen molar-refractivity contribution in [3.05, 3.63) is 103 Å². The number of benzodiazepines with no additional fused rings is 1. The van der Waals surface area contributed by atoms with E-state index >= 15 is 0 Å². The lowest BCUT2D eigenvalue weighted by molar-refractivity contribution is -0.385. The number of benzene rings is 3. The Morgan fingerprint density at radius 3 is 2.53 bits per heavy atom. The fourth-order valence-electron chi connectivity index (χ4n) is 3.67. The number of nitro groups is 1. The third kappa shape index (κ3) is 4.25. The van der Waals surface area contributed by atoms with Crippen molar-refractivity contribution in [3.8, 4) is 0 Å². The lowest BCUT2D eigenvalue weighted by Gasteiger charge is -2.20. The fraction of sp³-hybridized carbons (Fsp3) is 0.125. The second-order valence-electron chi connectivity index (χ2n) is 7.48. The van der Waals surface area contributed by atoms with Gasteiger partial charge in [0.15, 0.2) is 0 Å². The van der Waals surface area contributed by atoms with Gasteiger partial charge in [0.2, 0.25) is 0 Å².